The largest absolute Gasteiger partial charge is 0.495 e. The molecular formula is C16H15ClFNO2S. The number of carbonyl (C=O) groups excluding carboxylic acids is 1. The second kappa shape index (κ2) is 8.06. The molecule has 0 aliphatic heterocycles. The van der Waals surface area contributed by atoms with Gasteiger partial charge in [-0.1, -0.05) is 23.7 Å². The van der Waals surface area contributed by atoms with Gasteiger partial charge in [0, 0.05) is 22.8 Å². The van der Waals surface area contributed by atoms with E-state index < -0.39 is 0 Å². The minimum Gasteiger partial charge on any atom is -0.495 e. The molecule has 3 nitrogen and oxygen atoms in total. The molecule has 0 aliphatic carbocycles. The van der Waals surface area contributed by atoms with Gasteiger partial charge < -0.3 is 10.1 Å². The molecule has 0 fully saturated rings. The number of ether oxygens (including phenoxy) is 1. The summed E-state index contributed by atoms with van der Waals surface area (Å²) in [5.74, 6) is 0.631. The minimum absolute atomic E-state index is 0.148. The molecule has 0 spiro atoms. The lowest BCUT2D eigenvalue weighted by Crippen LogP contribution is -2.12. The predicted molar refractivity (Wildman–Crippen MR) is 88.4 cm³/mol. The summed E-state index contributed by atoms with van der Waals surface area (Å²) in [7, 11) is 1.53. The van der Waals surface area contributed by atoms with E-state index >= 15 is 0 Å². The number of amides is 1. The van der Waals surface area contributed by atoms with Crippen molar-refractivity contribution in [3.05, 3.63) is 53.3 Å². The van der Waals surface area contributed by atoms with Gasteiger partial charge in [-0.05, 0) is 30.3 Å². The van der Waals surface area contributed by atoms with E-state index in [2.05, 4.69) is 5.32 Å². The zero-order valence-electron chi connectivity index (χ0n) is 11.9. The molecule has 0 heterocycles. The lowest BCUT2D eigenvalue weighted by atomic mass is 10.3. The molecule has 0 radical (unpaired) electrons. The van der Waals surface area contributed by atoms with E-state index in [0.29, 0.717) is 27.1 Å². The van der Waals surface area contributed by atoms with Crippen molar-refractivity contribution in [2.45, 2.75) is 11.3 Å². The Kier molecular flexibility index (Phi) is 6.10. The van der Waals surface area contributed by atoms with Gasteiger partial charge in [-0.25, -0.2) is 4.39 Å². The third-order valence-corrected chi connectivity index (χ3v) is 4.20. The summed E-state index contributed by atoms with van der Waals surface area (Å²) in [6.07, 6.45) is 0.280. The van der Waals surface area contributed by atoms with Crippen molar-refractivity contribution >= 4 is 35.0 Å². The Labute approximate surface area is 137 Å². The van der Waals surface area contributed by atoms with Gasteiger partial charge in [0.25, 0.3) is 0 Å². The number of methoxy groups -OCH3 is 1. The van der Waals surface area contributed by atoms with Crippen molar-refractivity contribution < 1.29 is 13.9 Å². The van der Waals surface area contributed by atoms with Gasteiger partial charge in [0.15, 0.2) is 0 Å². The van der Waals surface area contributed by atoms with Crippen LogP contribution in [-0.4, -0.2) is 18.8 Å². The average molecular weight is 340 g/mol. The molecule has 2 rings (SSSR count). The first-order valence-corrected chi connectivity index (χ1v) is 7.97. The number of nitrogens with one attached hydrogen (secondary N) is 1. The Morgan fingerprint density at radius 2 is 2.09 bits per heavy atom. The van der Waals surface area contributed by atoms with Gasteiger partial charge in [0.2, 0.25) is 5.91 Å². The fraction of sp³-hybridized carbons (Fsp3) is 0.188. The highest BCUT2D eigenvalue weighted by atomic mass is 35.5. The SMILES string of the molecule is COc1ccc(NC(=O)CCSc2ccccc2F)cc1Cl. The highest BCUT2D eigenvalue weighted by Gasteiger charge is 2.07. The van der Waals surface area contributed by atoms with Gasteiger partial charge >= 0.3 is 0 Å². The van der Waals surface area contributed by atoms with E-state index in [1.54, 1.807) is 36.4 Å². The van der Waals surface area contributed by atoms with E-state index in [1.807, 2.05) is 0 Å². The number of halogens is 2. The van der Waals surface area contributed by atoms with Crippen molar-refractivity contribution in [3.63, 3.8) is 0 Å². The summed E-state index contributed by atoms with van der Waals surface area (Å²) in [6.45, 7) is 0. The molecule has 0 bridgehead atoms. The molecule has 0 aliphatic rings. The molecule has 6 heteroatoms. The summed E-state index contributed by atoms with van der Waals surface area (Å²) in [5.41, 5.74) is 0.603. The zero-order valence-corrected chi connectivity index (χ0v) is 13.5. The van der Waals surface area contributed by atoms with E-state index in [9.17, 15) is 9.18 Å². The first-order valence-electron chi connectivity index (χ1n) is 6.61. The second-order valence-corrected chi connectivity index (χ2v) is 5.97. The van der Waals surface area contributed by atoms with Gasteiger partial charge in [0.1, 0.15) is 11.6 Å². The topological polar surface area (TPSA) is 38.3 Å². The van der Waals surface area contributed by atoms with Crippen molar-refractivity contribution in [3.8, 4) is 5.75 Å². The first-order chi connectivity index (χ1) is 10.6. The van der Waals surface area contributed by atoms with Gasteiger partial charge in [-0.15, -0.1) is 11.8 Å². The van der Waals surface area contributed by atoms with Crippen molar-refractivity contribution in [1.29, 1.82) is 0 Å². The van der Waals surface area contributed by atoms with Crippen LogP contribution in [0.4, 0.5) is 10.1 Å². The molecule has 1 N–H and O–H groups in total. The van der Waals surface area contributed by atoms with Crippen LogP contribution in [0.5, 0.6) is 5.75 Å². The summed E-state index contributed by atoms with van der Waals surface area (Å²) >= 11 is 7.31. The number of hydrogen-bond acceptors (Lipinski definition) is 3. The number of rotatable bonds is 6. The average Bonchev–Trinajstić information content (AvgIpc) is 2.49. The summed E-state index contributed by atoms with van der Waals surface area (Å²) in [6, 6.07) is 11.5. The Bertz CT molecular complexity index is 666. The molecular weight excluding hydrogens is 325 g/mol. The number of anilines is 1. The maximum Gasteiger partial charge on any atom is 0.225 e. The Morgan fingerprint density at radius 3 is 2.77 bits per heavy atom. The van der Waals surface area contributed by atoms with Crippen LogP contribution in [0.3, 0.4) is 0 Å². The zero-order chi connectivity index (χ0) is 15.9. The lowest BCUT2D eigenvalue weighted by Gasteiger charge is -2.08. The van der Waals surface area contributed by atoms with Crippen LogP contribution in [0.1, 0.15) is 6.42 Å². The molecule has 1 amide bonds. The van der Waals surface area contributed by atoms with Crippen molar-refractivity contribution in [1.82, 2.24) is 0 Å². The van der Waals surface area contributed by atoms with E-state index in [0.717, 1.165) is 0 Å². The monoisotopic (exact) mass is 339 g/mol. The highest BCUT2D eigenvalue weighted by Crippen LogP contribution is 2.27. The molecule has 2 aromatic carbocycles. The van der Waals surface area contributed by atoms with Crippen LogP contribution < -0.4 is 10.1 Å². The molecule has 0 aromatic heterocycles. The van der Waals surface area contributed by atoms with Gasteiger partial charge in [0.05, 0.1) is 12.1 Å². The number of benzene rings is 2. The van der Waals surface area contributed by atoms with Gasteiger partial charge in [-0.3, -0.25) is 4.79 Å². The predicted octanol–water partition coefficient (Wildman–Crippen LogP) is 4.61. The van der Waals surface area contributed by atoms with Crippen LogP contribution in [0.25, 0.3) is 0 Å². The molecule has 116 valence electrons. The Balaban J connectivity index is 1.83. The fourth-order valence-electron chi connectivity index (χ4n) is 1.78. The van der Waals surface area contributed by atoms with Crippen LogP contribution >= 0.6 is 23.4 Å². The van der Waals surface area contributed by atoms with Crippen LogP contribution in [0, 0.1) is 5.82 Å². The van der Waals surface area contributed by atoms with E-state index in [-0.39, 0.29) is 18.1 Å². The van der Waals surface area contributed by atoms with Crippen molar-refractivity contribution in [2.75, 3.05) is 18.2 Å². The maximum atomic E-state index is 13.4. The molecule has 22 heavy (non-hydrogen) atoms. The third-order valence-electron chi connectivity index (χ3n) is 2.86. The van der Waals surface area contributed by atoms with E-state index in [1.165, 1.54) is 24.9 Å². The number of hydrogen-bond donors (Lipinski definition) is 1. The highest BCUT2D eigenvalue weighted by molar-refractivity contribution is 7.99. The first kappa shape index (κ1) is 16.6. The lowest BCUT2D eigenvalue weighted by molar-refractivity contribution is -0.115. The molecule has 0 unspecified atom stereocenters. The maximum absolute atomic E-state index is 13.4. The summed E-state index contributed by atoms with van der Waals surface area (Å²) < 4.78 is 18.5. The molecule has 0 saturated carbocycles. The van der Waals surface area contributed by atoms with Crippen LogP contribution in [0.15, 0.2) is 47.4 Å². The van der Waals surface area contributed by atoms with Crippen molar-refractivity contribution in [2.24, 2.45) is 0 Å². The van der Waals surface area contributed by atoms with Crippen LogP contribution in [-0.2, 0) is 4.79 Å². The molecule has 2 aromatic rings. The molecule has 0 saturated heterocycles. The summed E-state index contributed by atoms with van der Waals surface area (Å²) in [4.78, 5) is 12.4. The smallest absolute Gasteiger partial charge is 0.225 e. The fourth-order valence-corrected chi connectivity index (χ4v) is 2.93. The van der Waals surface area contributed by atoms with E-state index in [4.69, 9.17) is 16.3 Å². The van der Waals surface area contributed by atoms with Crippen LogP contribution in [0.2, 0.25) is 5.02 Å². The summed E-state index contributed by atoms with van der Waals surface area (Å²) in [5, 5.41) is 3.18. The quantitative estimate of drug-likeness (QED) is 0.781. The van der Waals surface area contributed by atoms with Gasteiger partial charge in [-0.2, -0.15) is 0 Å². The normalized spacial score (nSPS) is 10.3. The number of carbonyl (C=O) groups is 1. The Hall–Kier alpha value is -1.72. The Morgan fingerprint density at radius 1 is 1.32 bits per heavy atom. The standard InChI is InChI=1S/C16H15ClFNO2S/c1-21-14-7-6-11(10-12(14)17)19-16(20)8-9-22-15-5-3-2-4-13(15)18/h2-7,10H,8-9H2,1H3,(H,19,20). The second-order valence-electron chi connectivity index (χ2n) is 4.43. The number of thioether (sulfide) groups is 1. The molecule has 0 atom stereocenters. The third kappa shape index (κ3) is 4.64. The minimum atomic E-state index is -0.269.